The summed E-state index contributed by atoms with van der Waals surface area (Å²) >= 11 is 0. The topological polar surface area (TPSA) is 46.2 Å². The van der Waals surface area contributed by atoms with E-state index in [9.17, 15) is 5.11 Å². The molecule has 2 aliphatic rings. The van der Waals surface area contributed by atoms with E-state index in [0.29, 0.717) is 12.2 Å². The minimum absolute atomic E-state index is 0.0367. The number of hydrogen-bond acceptors (Lipinski definition) is 2. The fourth-order valence-corrected chi connectivity index (χ4v) is 2.14. The molecule has 1 atom stereocenters. The molecule has 0 aromatic carbocycles. The Labute approximate surface area is 108 Å². The van der Waals surface area contributed by atoms with Crippen LogP contribution in [0.5, 0.6) is 0 Å². The highest BCUT2D eigenvalue weighted by atomic mass is 16.3. The third-order valence-corrected chi connectivity index (χ3v) is 3.30. The minimum Gasteiger partial charge on any atom is -0.512 e. The normalized spacial score (nSPS) is 21.2. The zero-order valence-corrected chi connectivity index (χ0v) is 10.5. The van der Waals surface area contributed by atoms with Crippen molar-refractivity contribution in [3.8, 4) is 0 Å². The third kappa shape index (κ3) is 2.90. The molecule has 2 aliphatic carbocycles. The monoisotopic (exact) mass is 241 g/mol. The molecule has 2 rings (SSSR count). The summed E-state index contributed by atoms with van der Waals surface area (Å²) in [6, 6.07) is -0.0367. The van der Waals surface area contributed by atoms with Gasteiger partial charge in [-0.2, -0.15) is 0 Å². The summed E-state index contributed by atoms with van der Waals surface area (Å²) in [4.78, 5) is 0. The highest BCUT2D eigenvalue weighted by molar-refractivity contribution is 5.47. The molecule has 0 radical (unpaired) electrons. The van der Waals surface area contributed by atoms with Gasteiger partial charge in [-0.1, -0.05) is 36.5 Å². The van der Waals surface area contributed by atoms with Gasteiger partial charge in [0.2, 0.25) is 0 Å². The maximum absolute atomic E-state index is 9.46. The lowest BCUT2D eigenvalue weighted by molar-refractivity contribution is 0.402. The molecule has 94 valence electrons. The van der Waals surface area contributed by atoms with E-state index in [1.54, 1.807) is 12.2 Å². The SMILES string of the molecule is C=CC(N)C1=CCC(C2=CC=C(O)CC=C2)=CC1. The molecule has 0 aromatic heterocycles. The summed E-state index contributed by atoms with van der Waals surface area (Å²) in [6.07, 6.45) is 16.3. The molecule has 0 saturated heterocycles. The first kappa shape index (κ1) is 12.7. The van der Waals surface area contributed by atoms with Gasteiger partial charge in [0.25, 0.3) is 0 Å². The number of aliphatic hydroxyl groups is 1. The lowest BCUT2D eigenvalue weighted by Gasteiger charge is -2.17. The number of allylic oxidation sites excluding steroid dienone is 8. The maximum Gasteiger partial charge on any atom is 0.0960 e. The van der Waals surface area contributed by atoms with Crippen LogP contribution < -0.4 is 5.73 Å². The number of hydrogen-bond donors (Lipinski definition) is 2. The van der Waals surface area contributed by atoms with E-state index >= 15 is 0 Å². The molecule has 0 aromatic rings. The molecule has 3 N–H and O–H groups in total. The first-order valence-corrected chi connectivity index (χ1v) is 6.23. The zero-order valence-electron chi connectivity index (χ0n) is 10.5. The van der Waals surface area contributed by atoms with Crippen LogP contribution in [0.4, 0.5) is 0 Å². The summed E-state index contributed by atoms with van der Waals surface area (Å²) in [5.74, 6) is 0.405. The van der Waals surface area contributed by atoms with E-state index in [1.165, 1.54) is 16.7 Å². The van der Waals surface area contributed by atoms with Crippen LogP contribution in [0.2, 0.25) is 0 Å². The molecule has 0 bridgehead atoms. The molecule has 0 saturated carbocycles. The first-order chi connectivity index (χ1) is 8.70. The molecule has 2 nitrogen and oxygen atoms in total. The molecule has 0 fully saturated rings. The Morgan fingerprint density at radius 2 is 2.06 bits per heavy atom. The molecule has 0 aliphatic heterocycles. The average molecular weight is 241 g/mol. The van der Waals surface area contributed by atoms with E-state index in [4.69, 9.17) is 5.73 Å². The molecule has 1 unspecified atom stereocenters. The van der Waals surface area contributed by atoms with Crippen LogP contribution in [-0.4, -0.2) is 11.1 Å². The fraction of sp³-hybridized carbons (Fsp3) is 0.250. The van der Waals surface area contributed by atoms with Gasteiger partial charge < -0.3 is 10.8 Å². The van der Waals surface area contributed by atoms with E-state index in [-0.39, 0.29) is 6.04 Å². The van der Waals surface area contributed by atoms with Gasteiger partial charge in [0, 0.05) is 12.5 Å². The Kier molecular flexibility index (Phi) is 4.00. The minimum atomic E-state index is -0.0367. The zero-order chi connectivity index (χ0) is 13.0. The summed E-state index contributed by atoms with van der Waals surface area (Å²) in [6.45, 7) is 3.72. The molecule has 0 spiro atoms. The molecule has 2 heteroatoms. The van der Waals surface area contributed by atoms with Crippen LogP contribution in [0, 0.1) is 0 Å². The van der Waals surface area contributed by atoms with Crippen LogP contribution in [0.3, 0.4) is 0 Å². The van der Waals surface area contributed by atoms with Gasteiger partial charge in [0.1, 0.15) is 0 Å². The smallest absolute Gasteiger partial charge is 0.0960 e. The van der Waals surface area contributed by atoms with Crippen molar-refractivity contribution in [2.75, 3.05) is 0 Å². The van der Waals surface area contributed by atoms with Crippen molar-refractivity contribution in [3.05, 3.63) is 71.6 Å². The van der Waals surface area contributed by atoms with Crippen LogP contribution >= 0.6 is 0 Å². The van der Waals surface area contributed by atoms with Crippen molar-refractivity contribution < 1.29 is 5.11 Å². The van der Waals surface area contributed by atoms with Gasteiger partial charge in [-0.3, -0.25) is 0 Å². The lowest BCUT2D eigenvalue weighted by Crippen LogP contribution is -2.20. The third-order valence-electron chi connectivity index (χ3n) is 3.30. The molecule has 18 heavy (non-hydrogen) atoms. The Bertz CT molecular complexity index is 489. The van der Waals surface area contributed by atoms with E-state index < -0.39 is 0 Å². The van der Waals surface area contributed by atoms with Crippen LogP contribution in [0.15, 0.2) is 71.6 Å². The summed E-state index contributed by atoms with van der Waals surface area (Å²) < 4.78 is 0. The van der Waals surface area contributed by atoms with Crippen molar-refractivity contribution in [1.29, 1.82) is 0 Å². The summed E-state index contributed by atoms with van der Waals surface area (Å²) in [5, 5.41) is 9.46. The van der Waals surface area contributed by atoms with Gasteiger partial charge >= 0.3 is 0 Å². The van der Waals surface area contributed by atoms with Crippen molar-refractivity contribution >= 4 is 0 Å². The predicted molar refractivity (Wildman–Crippen MR) is 76.1 cm³/mol. The Morgan fingerprint density at radius 3 is 2.72 bits per heavy atom. The number of aliphatic hydroxyl groups excluding tert-OH is 1. The Morgan fingerprint density at radius 1 is 1.22 bits per heavy atom. The summed E-state index contributed by atoms with van der Waals surface area (Å²) in [5.41, 5.74) is 9.61. The molecule has 0 heterocycles. The lowest BCUT2D eigenvalue weighted by atomic mass is 9.90. The second kappa shape index (κ2) is 5.69. The van der Waals surface area contributed by atoms with Crippen molar-refractivity contribution in [2.45, 2.75) is 25.3 Å². The van der Waals surface area contributed by atoms with Crippen LogP contribution in [0.1, 0.15) is 19.3 Å². The van der Waals surface area contributed by atoms with E-state index in [0.717, 1.165) is 12.8 Å². The maximum atomic E-state index is 9.46. The van der Waals surface area contributed by atoms with Gasteiger partial charge in [0.05, 0.1) is 5.76 Å². The summed E-state index contributed by atoms with van der Waals surface area (Å²) in [7, 11) is 0. The van der Waals surface area contributed by atoms with Gasteiger partial charge in [-0.15, -0.1) is 6.58 Å². The van der Waals surface area contributed by atoms with Crippen molar-refractivity contribution in [1.82, 2.24) is 0 Å². The molecule has 0 amide bonds. The number of rotatable bonds is 3. The number of nitrogens with two attached hydrogens (primary N) is 1. The van der Waals surface area contributed by atoms with E-state index in [1.807, 2.05) is 12.2 Å². The Hall–Kier alpha value is -1.80. The highest BCUT2D eigenvalue weighted by Gasteiger charge is 2.11. The second-order valence-corrected chi connectivity index (χ2v) is 4.56. The average Bonchev–Trinajstić information content (AvgIpc) is 2.63. The quantitative estimate of drug-likeness (QED) is 0.743. The van der Waals surface area contributed by atoms with Crippen molar-refractivity contribution in [3.63, 3.8) is 0 Å². The predicted octanol–water partition coefficient (Wildman–Crippen LogP) is 3.47. The van der Waals surface area contributed by atoms with Gasteiger partial charge in [-0.05, 0) is 35.6 Å². The highest BCUT2D eigenvalue weighted by Crippen LogP contribution is 2.26. The standard InChI is InChI=1S/C16H19NO/c1-2-16(17)14-8-6-13(7-9-14)12-4-3-5-15(18)11-10-12/h2-4,6,9-11,16,18H,1,5,7-8,17H2. The van der Waals surface area contributed by atoms with E-state index in [2.05, 4.69) is 24.8 Å². The Balaban J connectivity index is 2.10. The largest absolute Gasteiger partial charge is 0.512 e. The van der Waals surface area contributed by atoms with Crippen LogP contribution in [-0.2, 0) is 0 Å². The first-order valence-electron chi connectivity index (χ1n) is 6.23. The fourth-order valence-electron chi connectivity index (χ4n) is 2.14. The van der Waals surface area contributed by atoms with Gasteiger partial charge in [0.15, 0.2) is 0 Å². The second-order valence-electron chi connectivity index (χ2n) is 4.56. The molecular weight excluding hydrogens is 222 g/mol. The van der Waals surface area contributed by atoms with Gasteiger partial charge in [-0.25, -0.2) is 0 Å². The van der Waals surface area contributed by atoms with Crippen LogP contribution in [0.25, 0.3) is 0 Å². The molecular formula is C16H19NO. The van der Waals surface area contributed by atoms with Crippen molar-refractivity contribution in [2.24, 2.45) is 5.73 Å².